The summed E-state index contributed by atoms with van der Waals surface area (Å²) in [5.41, 5.74) is 0. The highest BCUT2D eigenvalue weighted by atomic mass is 32.2. The third-order valence-corrected chi connectivity index (χ3v) is 7.42. The van der Waals surface area contributed by atoms with E-state index < -0.39 is 22.0 Å². The van der Waals surface area contributed by atoms with Crippen molar-refractivity contribution in [3.8, 4) is 0 Å². The van der Waals surface area contributed by atoms with Gasteiger partial charge < -0.3 is 9.64 Å². The Morgan fingerprint density at radius 2 is 1.90 bits per heavy atom. The first-order valence-electron chi connectivity index (χ1n) is 9.83. The van der Waals surface area contributed by atoms with Crippen LogP contribution in [0.4, 0.5) is 0 Å². The van der Waals surface area contributed by atoms with Gasteiger partial charge in [-0.05, 0) is 36.2 Å². The van der Waals surface area contributed by atoms with Crippen molar-refractivity contribution in [3.63, 3.8) is 0 Å². The number of ether oxygens (including phenoxy) is 1. The summed E-state index contributed by atoms with van der Waals surface area (Å²) in [6.07, 6.45) is 0.378. The van der Waals surface area contributed by atoms with E-state index in [-0.39, 0.29) is 42.2 Å². The summed E-state index contributed by atoms with van der Waals surface area (Å²) in [5.74, 6) is -0.739. The topological polar surface area (TPSA) is 84.0 Å². The maximum atomic E-state index is 13.4. The van der Waals surface area contributed by atoms with Gasteiger partial charge in [0.25, 0.3) is 0 Å². The number of hydrogen-bond donors (Lipinski definition) is 1. The summed E-state index contributed by atoms with van der Waals surface area (Å²) in [6, 6.07) is 11.6. The number of rotatable bonds is 7. The lowest BCUT2D eigenvalue weighted by Gasteiger charge is -2.27. The summed E-state index contributed by atoms with van der Waals surface area (Å²) in [7, 11) is -2.32. The van der Waals surface area contributed by atoms with Gasteiger partial charge in [0, 0.05) is 25.4 Å². The highest BCUT2D eigenvalue weighted by molar-refractivity contribution is 7.89. The fraction of sp³-hybridized carbons (Fsp3) is 0.429. The number of thiol groups is 1. The van der Waals surface area contributed by atoms with Gasteiger partial charge in [0.05, 0.1) is 17.9 Å². The van der Waals surface area contributed by atoms with Crippen molar-refractivity contribution >= 4 is 45.3 Å². The minimum Gasteiger partial charge on any atom is -0.466 e. The Labute approximate surface area is 182 Å². The Balaban J connectivity index is 1.81. The predicted octanol–water partition coefficient (Wildman–Crippen LogP) is 2.31. The molecule has 2 aromatic carbocycles. The number of sulfonamides is 1. The van der Waals surface area contributed by atoms with E-state index in [0.717, 1.165) is 10.8 Å². The van der Waals surface area contributed by atoms with E-state index in [4.69, 9.17) is 4.74 Å². The summed E-state index contributed by atoms with van der Waals surface area (Å²) in [6.45, 7) is 2.31. The van der Waals surface area contributed by atoms with Gasteiger partial charge in [-0.1, -0.05) is 30.3 Å². The van der Waals surface area contributed by atoms with E-state index in [0.29, 0.717) is 6.42 Å². The first kappa shape index (κ1) is 22.6. The van der Waals surface area contributed by atoms with Crippen molar-refractivity contribution in [2.45, 2.75) is 36.0 Å². The molecule has 1 heterocycles. The summed E-state index contributed by atoms with van der Waals surface area (Å²) < 4.78 is 32.8. The van der Waals surface area contributed by atoms with Gasteiger partial charge in [-0.25, -0.2) is 8.42 Å². The second-order valence-electron chi connectivity index (χ2n) is 7.30. The van der Waals surface area contributed by atoms with Crippen molar-refractivity contribution in [3.05, 3.63) is 42.5 Å². The molecule has 0 aromatic heterocycles. The van der Waals surface area contributed by atoms with Gasteiger partial charge >= 0.3 is 5.97 Å². The normalized spacial score (nSPS) is 19.7. The molecule has 9 heteroatoms. The molecule has 0 spiro atoms. The summed E-state index contributed by atoms with van der Waals surface area (Å²) >= 11 is 4.44. The van der Waals surface area contributed by atoms with Crippen LogP contribution in [0.5, 0.6) is 0 Å². The van der Waals surface area contributed by atoms with Crippen LogP contribution in [-0.4, -0.2) is 67.5 Å². The van der Waals surface area contributed by atoms with Crippen LogP contribution in [0.3, 0.4) is 0 Å². The Morgan fingerprint density at radius 1 is 1.20 bits per heavy atom. The number of likely N-dealkylation sites (N-methyl/N-ethyl adjacent to an activating group) is 1. The van der Waals surface area contributed by atoms with Crippen molar-refractivity contribution < 1.29 is 22.7 Å². The van der Waals surface area contributed by atoms with E-state index in [9.17, 15) is 18.0 Å². The molecule has 1 aliphatic heterocycles. The van der Waals surface area contributed by atoms with Gasteiger partial charge in [-0.15, -0.1) is 0 Å². The van der Waals surface area contributed by atoms with Crippen LogP contribution in [0.1, 0.15) is 19.8 Å². The lowest BCUT2D eigenvalue weighted by Crippen LogP contribution is -2.47. The molecule has 2 atom stereocenters. The molecule has 0 radical (unpaired) electrons. The zero-order chi connectivity index (χ0) is 21.9. The molecule has 1 aliphatic rings. The maximum Gasteiger partial charge on any atom is 0.307 e. The first-order chi connectivity index (χ1) is 14.2. The van der Waals surface area contributed by atoms with E-state index >= 15 is 0 Å². The van der Waals surface area contributed by atoms with Crippen LogP contribution in [0.15, 0.2) is 47.4 Å². The average molecular weight is 451 g/mol. The number of carbonyl (C=O) groups excluding carboxylic acids is 2. The molecule has 3 rings (SSSR count). The van der Waals surface area contributed by atoms with Crippen molar-refractivity contribution in [2.75, 3.05) is 26.7 Å². The molecule has 2 aromatic rings. The molecule has 0 N–H and O–H groups in total. The Kier molecular flexibility index (Phi) is 7.05. The van der Waals surface area contributed by atoms with Gasteiger partial charge in [-0.2, -0.15) is 16.9 Å². The lowest BCUT2D eigenvalue weighted by molar-refractivity contribution is -0.144. The zero-order valence-electron chi connectivity index (χ0n) is 17.0. The Bertz CT molecular complexity index is 1040. The van der Waals surface area contributed by atoms with Crippen LogP contribution in [0.2, 0.25) is 0 Å². The van der Waals surface area contributed by atoms with E-state index in [1.807, 2.05) is 24.3 Å². The second kappa shape index (κ2) is 9.36. The zero-order valence-corrected chi connectivity index (χ0v) is 18.7. The first-order valence-corrected chi connectivity index (χ1v) is 11.8. The summed E-state index contributed by atoms with van der Waals surface area (Å²) in [5, 5.41) is 1.51. The predicted molar refractivity (Wildman–Crippen MR) is 118 cm³/mol. The monoisotopic (exact) mass is 450 g/mol. The lowest BCUT2D eigenvalue weighted by atomic mass is 10.1. The van der Waals surface area contributed by atoms with Gasteiger partial charge in [0.15, 0.2) is 0 Å². The van der Waals surface area contributed by atoms with Gasteiger partial charge in [0.2, 0.25) is 15.9 Å². The number of hydrogen-bond acceptors (Lipinski definition) is 6. The molecule has 1 amide bonds. The number of benzene rings is 2. The average Bonchev–Trinajstić information content (AvgIpc) is 3.13. The molecule has 30 heavy (non-hydrogen) atoms. The van der Waals surface area contributed by atoms with Crippen LogP contribution in [-0.2, 0) is 24.3 Å². The van der Waals surface area contributed by atoms with Gasteiger partial charge in [-0.3, -0.25) is 9.59 Å². The number of nitrogens with zero attached hydrogens (tertiary/aromatic N) is 2. The second-order valence-corrected chi connectivity index (χ2v) is 9.92. The minimum absolute atomic E-state index is 0.0600. The fourth-order valence-electron chi connectivity index (χ4n) is 3.59. The number of fused-ring (bicyclic) bond motifs is 1. The quantitative estimate of drug-likeness (QED) is 0.517. The molecule has 1 fully saturated rings. The highest BCUT2D eigenvalue weighted by Crippen LogP contribution is 2.31. The van der Waals surface area contributed by atoms with Crippen molar-refractivity contribution in [1.29, 1.82) is 0 Å². The molecular weight excluding hydrogens is 424 g/mol. The molecule has 1 saturated heterocycles. The smallest absolute Gasteiger partial charge is 0.307 e. The third kappa shape index (κ3) is 4.79. The van der Waals surface area contributed by atoms with Crippen molar-refractivity contribution in [2.24, 2.45) is 0 Å². The Morgan fingerprint density at radius 3 is 2.60 bits per heavy atom. The number of amides is 1. The van der Waals surface area contributed by atoms with Gasteiger partial charge in [0.1, 0.15) is 6.04 Å². The fourth-order valence-corrected chi connectivity index (χ4v) is 5.75. The molecule has 0 bridgehead atoms. The molecule has 7 nitrogen and oxygen atoms in total. The molecular formula is C21H26N2O5S2. The minimum atomic E-state index is -3.89. The maximum absolute atomic E-state index is 13.4. The molecule has 162 valence electrons. The van der Waals surface area contributed by atoms with E-state index in [2.05, 4.69) is 12.6 Å². The largest absolute Gasteiger partial charge is 0.466 e. The van der Waals surface area contributed by atoms with E-state index in [1.54, 1.807) is 32.2 Å². The molecule has 0 unspecified atom stereocenters. The van der Waals surface area contributed by atoms with Crippen LogP contribution < -0.4 is 0 Å². The van der Waals surface area contributed by atoms with Crippen LogP contribution in [0.25, 0.3) is 10.8 Å². The molecule has 0 aliphatic carbocycles. The van der Waals surface area contributed by atoms with Crippen molar-refractivity contribution in [1.82, 2.24) is 9.21 Å². The SMILES string of the molecule is CCOC(=O)CCN(C)C(=O)[C@@H]1C[C@@H](S)CN1S(=O)(=O)c1ccc2ccccc2c1. The third-order valence-electron chi connectivity index (χ3n) is 5.18. The number of carbonyl (C=O) groups is 2. The standard InChI is InChI=1S/C21H26N2O5S2/c1-3-28-20(24)10-11-22(2)21(25)19-13-17(29)14-23(19)30(26,27)18-9-8-15-6-4-5-7-16(15)12-18/h4-9,12,17,19,29H,3,10-11,13-14H2,1-2H3/t17-,19+/m1/s1. The van der Waals surface area contributed by atoms with E-state index in [1.165, 1.54) is 9.21 Å². The van der Waals surface area contributed by atoms with Crippen LogP contribution in [0, 0.1) is 0 Å². The highest BCUT2D eigenvalue weighted by Gasteiger charge is 2.43. The summed E-state index contributed by atoms with van der Waals surface area (Å²) in [4.78, 5) is 26.1. The number of esters is 1. The Hall–Kier alpha value is -2.10. The van der Waals surface area contributed by atoms with Crippen LogP contribution >= 0.6 is 12.6 Å². The molecule has 0 saturated carbocycles.